The highest BCUT2D eigenvalue weighted by molar-refractivity contribution is 7.15. The molecule has 0 saturated heterocycles. The Balaban J connectivity index is 1.94. The molecule has 20 heavy (non-hydrogen) atoms. The zero-order valence-corrected chi connectivity index (χ0v) is 12.4. The Kier molecular flexibility index (Phi) is 3.46. The minimum atomic E-state index is 0.575. The van der Waals surface area contributed by atoms with Gasteiger partial charge in [0.2, 0.25) is 0 Å². The third-order valence-corrected chi connectivity index (χ3v) is 4.05. The predicted octanol–water partition coefficient (Wildman–Crippen LogP) is 3.50. The second-order valence-electron chi connectivity index (χ2n) is 4.48. The second kappa shape index (κ2) is 5.26. The number of rotatable bonds is 4. The van der Waals surface area contributed by atoms with E-state index in [1.165, 1.54) is 11.3 Å². The van der Waals surface area contributed by atoms with Gasteiger partial charge in [-0.05, 0) is 17.7 Å². The number of anilines is 1. The van der Waals surface area contributed by atoms with Crippen LogP contribution in [-0.4, -0.2) is 22.7 Å². The molecule has 0 radical (unpaired) electrons. The number of imidazole rings is 1. The van der Waals surface area contributed by atoms with Gasteiger partial charge in [0, 0.05) is 30.2 Å². The lowest BCUT2D eigenvalue weighted by molar-refractivity contribution is 0.111. The molecule has 0 bridgehead atoms. The molecule has 0 aliphatic carbocycles. The van der Waals surface area contributed by atoms with Gasteiger partial charge >= 0.3 is 0 Å². The fraction of sp³-hybridized carbons (Fsp3) is 0.143. The molecule has 0 aliphatic heterocycles. The minimum absolute atomic E-state index is 0.575. The molecule has 0 spiro atoms. The average Bonchev–Trinajstić information content (AvgIpc) is 2.98. The minimum Gasteiger partial charge on any atom is -0.353 e. The van der Waals surface area contributed by atoms with Crippen LogP contribution < -0.4 is 4.90 Å². The van der Waals surface area contributed by atoms with Crippen molar-refractivity contribution >= 4 is 40.0 Å². The first-order valence-electron chi connectivity index (χ1n) is 6.05. The van der Waals surface area contributed by atoms with Crippen molar-refractivity contribution in [3.8, 4) is 0 Å². The third-order valence-electron chi connectivity index (χ3n) is 3.06. The molecule has 0 aliphatic rings. The summed E-state index contributed by atoms with van der Waals surface area (Å²) in [5, 5.41) is 2.62. The van der Waals surface area contributed by atoms with Gasteiger partial charge in [0.25, 0.3) is 0 Å². The quantitative estimate of drug-likeness (QED) is 0.692. The maximum Gasteiger partial charge on any atom is 0.196 e. The van der Waals surface area contributed by atoms with Crippen LogP contribution in [-0.2, 0) is 6.54 Å². The second-order valence-corrected chi connectivity index (χ2v) is 5.79. The lowest BCUT2D eigenvalue weighted by Crippen LogP contribution is -2.18. The number of fused-ring (bicyclic) bond motifs is 1. The monoisotopic (exact) mass is 305 g/mol. The van der Waals surface area contributed by atoms with Crippen molar-refractivity contribution in [1.29, 1.82) is 0 Å². The van der Waals surface area contributed by atoms with Crippen LogP contribution >= 0.6 is 22.9 Å². The van der Waals surface area contributed by atoms with E-state index in [0.29, 0.717) is 23.1 Å². The standard InChI is InChI=1S/C14H12ClN3OS/c1-17(8-10-3-2-4-11(15)7-10)13-12(9-19)18-5-6-20-14(18)16-13/h2-7,9H,8H2,1H3. The lowest BCUT2D eigenvalue weighted by Gasteiger charge is -2.17. The highest BCUT2D eigenvalue weighted by Crippen LogP contribution is 2.24. The van der Waals surface area contributed by atoms with E-state index in [9.17, 15) is 4.79 Å². The summed E-state index contributed by atoms with van der Waals surface area (Å²) < 4.78 is 1.81. The number of aldehydes is 1. The fourth-order valence-corrected chi connectivity index (χ4v) is 3.10. The Labute approximate surface area is 125 Å². The van der Waals surface area contributed by atoms with Crippen molar-refractivity contribution in [2.75, 3.05) is 11.9 Å². The van der Waals surface area contributed by atoms with Crippen LogP contribution in [0.2, 0.25) is 5.02 Å². The van der Waals surface area contributed by atoms with Gasteiger partial charge < -0.3 is 4.90 Å². The van der Waals surface area contributed by atoms with Crippen molar-refractivity contribution < 1.29 is 4.79 Å². The summed E-state index contributed by atoms with van der Waals surface area (Å²) >= 11 is 7.50. The normalized spacial score (nSPS) is 10.9. The Bertz CT molecular complexity index is 765. The van der Waals surface area contributed by atoms with E-state index in [1.54, 1.807) is 0 Å². The zero-order chi connectivity index (χ0) is 14.1. The highest BCUT2D eigenvalue weighted by atomic mass is 35.5. The van der Waals surface area contributed by atoms with Crippen LogP contribution in [0.15, 0.2) is 35.8 Å². The van der Waals surface area contributed by atoms with Gasteiger partial charge in [0.05, 0.1) is 0 Å². The Hall–Kier alpha value is -1.85. The Morgan fingerprint density at radius 1 is 1.50 bits per heavy atom. The summed E-state index contributed by atoms with van der Waals surface area (Å²) in [5.41, 5.74) is 1.65. The molecule has 6 heteroatoms. The maximum atomic E-state index is 11.3. The summed E-state index contributed by atoms with van der Waals surface area (Å²) in [6.07, 6.45) is 2.70. The maximum absolute atomic E-state index is 11.3. The van der Waals surface area contributed by atoms with E-state index in [4.69, 9.17) is 11.6 Å². The molecule has 4 nitrogen and oxygen atoms in total. The number of thiazole rings is 1. The Morgan fingerprint density at radius 2 is 2.35 bits per heavy atom. The highest BCUT2D eigenvalue weighted by Gasteiger charge is 2.16. The van der Waals surface area contributed by atoms with Crippen molar-refractivity contribution in [3.05, 3.63) is 52.1 Å². The molecule has 0 fully saturated rings. The molecule has 102 valence electrons. The van der Waals surface area contributed by atoms with E-state index < -0.39 is 0 Å². The van der Waals surface area contributed by atoms with Crippen LogP contribution in [0.4, 0.5) is 5.82 Å². The van der Waals surface area contributed by atoms with Crippen molar-refractivity contribution in [1.82, 2.24) is 9.38 Å². The number of hydrogen-bond acceptors (Lipinski definition) is 4. The lowest BCUT2D eigenvalue weighted by atomic mass is 10.2. The number of nitrogens with zero attached hydrogens (tertiary/aromatic N) is 3. The van der Waals surface area contributed by atoms with Crippen molar-refractivity contribution in [3.63, 3.8) is 0 Å². The Morgan fingerprint density at radius 3 is 3.10 bits per heavy atom. The number of carbonyl (C=O) groups excluding carboxylic acids is 1. The van der Waals surface area contributed by atoms with Gasteiger partial charge in [0.1, 0.15) is 5.69 Å². The molecule has 2 aromatic heterocycles. The van der Waals surface area contributed by atoms with E-state index in [2.05, 4.69) is 4.98 Å². The largest absolute Gasteiger partial charge is 0.353 e. The molecule has 0 atom stereocenters. The molecule has 0 amide bonds. The third kappa shape index (κ3) is 2.30. The molecule has 0 saturated carbocycles. The number of benzene rings is 1. The van der Waals surface area contributed by atoms with Gasteiger partial charge in [-0.25, -0.2) is 4.98 Å². The van der Waals surface area contributed by atoms with E-state index in [-0.39, 0.29) is 0 Å². The number of hydrogen-bond donors (Lipinski definition) is 0. The number of halogens is 1. The molecule has 1 aromatic carbocycles. The van der Waals surface area contributed by atoms with Gasteiger partial charge in [0.15, 0.2) is 17.1 Å². The first-order chi connectivity index (χ1) is 9.69. The number of carbonyl (C=O) groups is 1. The summed E-state index contributed by atoms with van der Waals surface area (Å²) in [4.78, 5) is 18.6. The SMILES string of the molecule is CN(Cc1cccc(Cl)c1)c1nc2sccn2c1C=O. The molecular formula is C14H12ClN3OS. The number of aromatic nitrogens is 2. The van der Waals surface area contributed by atoms with Crippen LogP contribution in [0.1, 0.15) is 16.1 Å². The van der Waals surface area contributed by atoms with E-state index in [1.807, 2.05) is 52.2 Å². The first kappa shape index (κ1) is 13.1. The summed E-state index contributed by atoms with van der Waals surface area (Å²) in [6.45, 7) is 0.645. The van der Waals surface area contributed by atoms with E-state index in [0.717, 1.165) is 16.8 Å². The smallest absolute Gasteiger partial charge is 0.196 e. The molecule has 2 heterocycles. The predicted molar refractivity (Wildman–Crippen MR) is 82.0 cm³/mol. The topological polar surface area (TPSA) is 37.6 Å². The zero-order valence-electron chi connectivity index (χ0n) is 10.8. The molecular weight excluding hydrogens is 294 g/mol. The van der Waals surface area contributed by atoms with Gasteiger partial charge in [-0.1, -0.05) is 23.7 Å². The van der Waals surface area contributed by atoms with Gasteiger partial charge in [-0.3, -0.25) is 9.20 Å². The summed E-state index contributed by atoms with van der Waals surface area (Å²) in [5.74, 6) is 0.687. The average molecular weight is 306 g/mol. The summed E-state index contributed by atoms with van der Waals surface area (Å²) in [6, 6.07) is 7.67. The van der Waals surface area contributed by atoms with Crippen LogP contribution in [0.3, 0.4) is 0 Å². The van der Waals surface area contributed by atoms with E-state index >= 15 is 0 Å². The van der Waals surface area contributed by atoms with Gasteiger partial charge in [-0.2, -0.15) is 0 Å². The summed E-state index contributed by atoms with van der Waals surface area (Å²) in [7, 11) is 1.92. The fourth-order valence-electron chi connectivity index (χ4n) is 2.17. The van der Waals surface area contributed by atoms with Crippen LogP contribution in [0.5, 0.6) is 0 Å². The molecule has 3 aromatic rings. The molecule has 3 rings (SSSR count). The molecule has 0 unspecified atom stereocenters. The first-order valence-corrected chi connectivity index (χ1v) is 7.31. The van der Waals surface area contributed by atoms with Gasteiger partial charge in [-0.15, -0.1) is 11.3 Å². The van der Waals surface area contributed by atoms with Crippen LogP contribution in [0.25, 0.3) is 4.96 Å². The van der Waals surface area contributed by atoms with Crippen molar-refractivity contribution in [2.24, 2.45) is 0 Å². The van der Waals surface area contributed by atoms with Crippen molar-refractivity contribution in [2.45, 2.75) is 6.54 Å². The molecule has 0 N–H and O–H groups in total. The van der Waals surface area contributed by atoms with Crippen LogP contribution in [0, 0.1) is 0 Å².